The molecule has 0 saturated carbocycles. The minimum Gasteiger partial charge on any atom is -0.459 e. The molecule has 1 heterocycles. The van der Waals surface area contributed by atoms with Crippen LogP contribution in [0.3, 0.4) is 0 Å². The summed E-state index contributed by atoms with van der Waals surface area (Å²) < 4.78 is 51.0. The Bertz CT molecular complexity index is 207. The molecule has 0 saturated heterocycles. The number of allylic oxidation sites excluding steroid dienone is 1. The van der Waals surface area contributed by atoms with Gasteiger partial charge in [-0.05, 0) is 6.92 Å². The number of hydrogen-bond donors (Lipinski definition) is 0. The summed E-state index contributed by atoms with van der Waals surface area (Å²) in [7, 11) is 0. The molecule has 0 aromatic heterocycles. The first-order chi connectivity index (χ1) is 5.93. The fourth-order valence-electron chi connectivity index (χ4n) is 0.509. The van der Waals surface area contributed by atoms with Crippen LogP contribution in [0.15, 0.2) is 24.2 Å². The second-order valence-electron chi connectivity index (χ2n) is 2.07. The molecule has 0 aromatic rings. The van der Waals surface area contributed by atoms with Gasteiger partial charge in [0, 0.05) is 6.92 Å². The van der Waals surface area contributed by atoms with Crippen LogP contribution in [-0.2, 0) is 9.47 Å². The number of halogens is 4. The molecule has 1 atom stereocenters. The maximum absolute atomic E-state index is 10.3. The Morgan fingerprint density at radius 2 is 1.69 bits per heavy atom. The lowest BCUT2D eigenvalue weighted by Crippen LogP contribution is -1.99. The quantitative estimate of drug-likeness (QED) is 0.559. The topological polar surface area (TPSA) is 18.5 Å². The predicted molar refractivity (Wildman–Crippen MR) is 36.8 cm³/mol. The Hall–Kier alpha value is -1.20. The summed E-state index contributed by atoms with van der Waals surface area (Å²) in [5.74, 6) is 0.854. The van der Waals surface area contributed by atoms with E-state index in [1.165, 1.54) is 0 Å². The van der Waals surface area contributed by atoms with Crippen molar-refractivity contribution in [1.82, 2.24) is 0 Å². The Labute approximate surface area is 72.4 Å². The first-order valence-electron chi connectivity index (χ1n) is 3.28. The number of hydrogen-bond acceptors (Lipinski definition) is 2. The van der Waals surface area contributed by atoms with Crippen molar-refractivity contribution in [3.05, 3.63) is 24.2 Å². The molecular weight excluding hydrogens is 192 g/mol. The van der Waals surface area contributed by atoms with Gasteiger partial charge in [-0.1, -0.05) is 0 Å². The van der Waals surface area contributed by atoms with Gasteiger partial charge in [0.1, 0.15) is 12.0 Å². The van der Waals surface area contributed by atoms with Crippen molar-refractivity contribution in [2.75, 3.05) is 0 Å². The zero-order valence-electron chi connectivity index (χ0n) is 6.98. The molecule has 1 aliphatic heterocycles. The lowest BCUT2D eigenvalue weighted by molar-refractivity contribution is -0.0144. The van der Waals surface area contributed by atoms with Gasteiger partial charge < -0.3 is 9.47 Å². The lowest BCUT2D eigenvalue weighted by atomic mass is 10.6. The molecule has 0 aromatic carbocycles. The molecule has 0 N–H and O–H groups in total. The van der Waals surface area contributed by atoms with Crippen LogP contribution in [0.4, 0.5) is 17.6 Å². The van der Waals surface area contributed by atoms with Gasteiger partial charge in [-0.3, -0.25) is 0 Å². The molecule has 1 rings (SSSR count). The first-order valence-corrected chi connectivity index (χ1v) is 3.28. The molecule has 0 fully saturated rings. The van der Waals surface area contributed by atoms with Crippen LogP contribution in [0.1, 0.15) is 13.8 Å². The number of ether oxygens (including phenoxy) is 2. The lowest BCUT2D eigenvalue weighted by Gasteiger charge is -2.01. The third-order valence-corrected chi connectivity index (χ3v) is 0.920. The Balaban J connectivity index is 0.000000226. The molecule has 13 heavy (non-hydrogen) atoms. The zero-order chi connectivity index (χ0) is 10.4. The van der Waals surface area contributed by atoms with Crippen molar-refractivity contribution in [2.24, 2.45) is 0 Å². The van der Waals surface area contributed by atoms with Crippen molar-refractivity contribution in [3.63, 3.8) is 0 Å². The molecule has 0 spiro atoms. The van der Waals surface area contributed by atoms with Crippen molar-refractivity contribution >= 4 is 0 Å². The Morgan fingerprint density at radius 3 is 1.77 bits per heavy atom. The van der Waals surface area contributed by atoms with Gasteiger partial charge in [0.15, 0.2) is 0 Å². The van der Waals surface area contributed by atoms with Gasteiger partial charge in [-0.25, -0.2) is 0 Å². The van der Waals surface area contributed by atoms with Gasteiger partial charge in [0.25, 0.3) is 0 Å². The van der Waals surface area contributed by atoms with Gasteiger partial charge in [-0.2, -0.15) is 17.6 Å². The molecule has 0 aliphatic carbocycles. The van der Waals surface area contributed by atoms with E-state index >= 15 is 0 Å². The second kappa shape index (κ2) is 5.45. The fraction of sp³-hybridized carbons (Fsp3) is 0.429. The van der Waals surface area contributed by atoms with Crippen LogP contribution >= 0.6 is 0 Å². The summed E-state index contributed by atoms with van der Waals surface area (Å²) in [4.78, 5) is 0. The van der Waals surface area contributed by atoms with E-state index in [1.54, 1.807) is 6.26 Å². The Morgan fingerprint density at radius 1 is 1.23 bits per heavy atom. The molecule has 6 heteroatoms. The van der Waals surface area contributed by atoms with Gasteiger partial charge in [0.2, 0.25) is 6.29 Å². The van der Waals surface area contributed by atoms with Gasteiger partial charge in [-0.15, -0.1) is 0 Å². The van der Waals surface area contributed by atoms with E-state index in [0.717, 1.165) is 5.76 Å². The third kappa shape index (κ3) is 6.01. The molecule has 0 radical (unpaired) electrons. The standard InChI is InChI=1S/C5H8O2.C2F4/c1-4-3-6-5(2)7-4;3-1(4)2(5)6/h3,5H,1-2H3;. The fourth-order valence-corrected chi connectivity index (χ4v) is 0.509. The minimum atomic E-state index is -2.91. The van der Waals surface area contributed by atoms with E-state index in [0.29, 0.717) is 0 Å². The smallest absolute Gasteiger partial charge is 0.334 e. The van der Waals surface area contributed by atoms with E-state index in [-0.39, 0.29) is 6.29 Å². The normalized spacial score (nSPS) is 18.9. The van der Waals surface area contributed by atoms with Gasteiger partial charge in [0.05, 0.1) is 0 Å². The number of rotatable bonds is 0. The van der Waals surface area contributed by atoms with E-state index in [9.17, 15) is 17.6 Å². The Kier molecular flexibility index (Phi) is 4.94. The maximum atomic E-state index is 10.3. The summed E-state index contributed by atoms with van der Waals surface area (Å²) in [6.07, 6.45) is -4.27. The molecule has 2 nitrogen and oxygen atoms in total. The largest absolute Gasteiger partial charge is 0.459 e. The van der Waals surface area contributed by atoms with Crippen LogP contribution < -0.4 is 0 Å². The minimum absolute atomic E-state index is 0.0694. The second-order valence-corrected chi connectivity index (χ2v) is 2.07. The van der Waals surface area contributed by atoms with Crippen molar-refractivity contribution in [2.45, 2.75) is 20.1 Å². The SMILES string of the molecule is CC1=COC(C)O1.FC(F)=C(F)F. The molecule has 76 valence electrons. The van der Waals surface area contributed by atoms with E-state index in [1.807, 2.05) is 13.8 Å². The average molecular weight is 200 g/mol. The van der Waals surface area contributed by atoms with Crippen molar-refractivity contribution in [1.29, 1.82) is 0 Å². The van der Waals surface area contributed by atoms with E-state index < -0.39 is 12.2 Å². The highest BCUT2D eigenvalue weighted by Gasteiger charge is 2.07. The average Bonchev–Trinajstić information content (AvgIpc) is 2.35. The summed E-state index contributed by atoms with van der Waals surface area (Å²) >= 11 is 0. The monoisotopic (exact) mass is 200 g/mol. The third-order valence-electron chi connectivity index (χ3n) is 0.920. The van der Waals surface area contributed by atoms with Crippen molar-refractivity contribution in [3.8, 4) is 0 Å². The van der Waals surface area contributed by atoms with E-state index in [4.69, 9.17) is 9.47 Å². The van der Waals surface area contributed by atoms with Crippen LogP contribution in [-0.4, -0.2) is 6.29 Å². The molecular formula is C7H8F4O2. The molecule has 1 unspecified atom stereocenters. The van der Waals surface area contributed by atoms with E-state index in [2.05, 4.69) is 0 Å². The summed E-state index contributed by atoms with van der Waals surface area (Å²) in [6.45, 7) is 3.72. The molecule has 0 bridgehead atoms. The van der Waals surface area contributed by atoms with Crippen LogP contribution in [0.5, 0.6) is 0 Å². The van der Waals surface area contributed by atoms with Crippen molar-refractivity contribution < 1.29 is 27.0 Å². The van der Waals surface area contributed by atoms with Crippen LogP contribution in [0, 0.1) is 0 Å². The summed E-state index contributed by atoms with van der Waals surface area (Å²) in [6, 6.07) is 0. The summed E-state index contributed by atoms with van der Waals surface area (Å²) in [5, 5.41) is 0. The zero-order valence-corrected chi connectivity index (χ0v) is 6.98. The summed E-state index contributed by atoms with van der Waals surface area (Å²) in [5.41, 5.74) is 0. The highest BCUT2D eigenvalue weighted by molar-refractivity contribution is 4.85. The maximum Gasteiger partial charge on any atom is 0.334 e. The molecule has 0 amide bonds. The van der Waals surface area contributed by atoms with Crippen LogP contribution in [0.25, 0.3) is 0 Å². The van der Waals surface area contributed by atoms with Crippen LogP contribution in [0.2, 0.25) is 0 Å². The first kappa shape index (κ1) is 11.8. The molecule has 1 aliphatic rings. The highest BCUT2D eigenvalue weighted by Crippen LogP contribution is 2.10. The highest BCUT2D eigenvalue weighted by atomic mass is 19.3. The van der Waals surface area contributed by atoms with Gasteiger partial charge >= 0.3 is 12.2 Å². The predicted octanol–water partition coefficient (Wildman–Crippen LogP) is 3.23.